The Balaban J connectivity index is 1.74. The lowest BCUT2D eigenvalue weighted by molar-refractivity contribution is 0.175. The van der Waals surface area contributed by atoms with Crippen molar-refractivity contribution in [1.29, 1.82) is 0 Å². The summed E-state index contributed by atoms with van der Waals surface area (Å²) >= 11 is 0. The van der Waals surface area contributed by atoms with Gasteiger partial charge < -0.3 is 0 Å². The second-order valence-electron chi connectivity index (χ2n) is 9.92. The first-order valence-corrected chi connectivity index (χ1v) is 13.3. The van der Waals surface area contributed by atoms with Crippen molar-refractivity contribution in [3.8, 4) is 0 Å². The van der Waals surface area contributed by atoms with Crippen molar-refractivity contribution in [2.75, 3.05) is 0 Å². The maximum atomic E-state index is 13.0. The molecule has 28 heavy (non-hydrogen) atoms. The van der Waals surface area contributed by atoms with Gasteiger partial charge in [-0.3, -0.25) is 4.55 Å². The summed E-state index contributed by atoms with van der Waals surface area (Å²) in [7, 11) is -4.17. The van der Waals surface area contributed by atoms with Crippen LogP contribution in [0, 0.1) is 23.7 Å². The molecule has 4 aliphatic rings. The van der Waals surface area contributed by atoms with Crippen LogP contribution in [0.1, 0.15) is 96.3 Å². The van der Waals surface area contributed by atoms with Crippen molar-refractivity contribution in [3.05, 3.63) is 23.8 Å². The standard InChI is InChI=1S/C24H38O3S/c25-28(26,27)24(22-14-8-3-9-15-22)17-16-21(19-10-4-1-5-11-19)18-23(24)20-12-6-2-7-13-20/h16-20,22-23H,1-15H2,(H,25,26,27). The summed E-state index contributed by atoms with van der Waals surface area (Å²) in [5.74, 6) is 0.986. The Morgan fingerprint density at radius 3 is 1.89 bits per heavy atom. The molecule has 0 aliphatic heterocycles. The Kier molecular flexibility index (Phi) is 6.37. The molecule has 158 valence electrons. The Bertz CT molecular complexity index is 689. The van der Waals surface area contributed by atoms with Crippen molar-refractivity contribution in [1.82, 2.24) is 0 Å². The number of hydrogen-bond acceptors (Lipinski definition) is 2. The Hall–Kier alpha value is -0.610. The van der Waals surface area contributed by atoms with Crippen LogP contribution in [0.4, 0.5) is 0 Å². The summed E-state index contributed by atoms with van der Waals surface area (Å²) in [5, 5.41) is 0. The first kappa shape index (κ1) is 20.7. The van der Waals surface area contributed by atoms with E-state index in [-0.39, 0.29) is 11.8 Å². The van der Waals surface area contributed by atoms with Gasteiger partial charge >= 0.3 is 0 Å². The SMILES string of the molecule is O=S(=O)(O)C1(C2CCCCC2)C=CC(C2CCCCC2)=CC1C1CCCCC1. The average Bonchev–Trinajstić information content (AvgIpc) is 2.74. The molecule has 0 spiro atoms. The van der Waals surface area contributed by atoms with E-state index in [1.54, 1.807) is 0 Å². The van der Waals surface area contributed by atoms with Gasteiger partial charge in [-0.05, 0) is 61.9 Å². The molecule has 0 aromatic carbocycles. The minimum atomic E-state index is -4.17. The summed E-state index contributed by atoms with van der Waals surface area (Å²) in [4.78, 5) is 0. The topological polar surface area (TPSA) is 54.4 Å². The molecule has 0 saturated heterocycles. The van der Waals surface area contributed by atoms with Crippen LogP contribution in [0.5, 0.6) is 0 Å². The third kappa shape index (κ3) is 3.88. The van der Waals surface area contributed by atoms with E-state index in [0.29, 0.717) is 11.8 Å². The van der Waals surface area contributed by atoms with E-state index in [2.05, 4.69) is 12.2 Å². The van der Waals surface area contributed by atoms with Crippen LogP contribution in [0.15, 0.2) is 23.8 Å². The second kappa shape index (κ2) is 8.63. The molecule has 3 nitrogen and oxygen atoms in total. The lowest BCUT2D eigenvalue weighted by atomic mass is 9.63. The monoisotopic (exact) mass is 406 g/mol. The zero-order valence-electron chi connectivity index (χ0n) is 17.3. The Morgan fingerprint density at radius 2 is 1.32 bits per heavy atom. The normalized spacial score (nSPS) is 34.3. The van der Waals surface area contributed by atoms with Crippen molar-refractivity contribution in [3.63, 3.8) is 0 Å². The highest BCUT2D eigenvalue weighted by Crippen LogP contribution is 2.52. The quantitative estimate of drug-likeness (QED) is 0.545. The molecule has 2 unspecified atom stereocenters. The lowest BCUT2D eigenvalue weighted by Crippen LogP contribution is -2.53. The molecular weight excluding hydrogens is 368 g/mol. The van der Waals surface area contributed by atoms with Crippen molar-refractivity contribution in [2.45, 2.75) is 101 Å². The maximum Gasteiger partial charge on any atom is 0.275 e. The highest BCUT2D eigenvalue weighted by molar-refractivity contribution is 7.87. The third-order valence-electron chi connectivity index (χ3n) is 8.35. The number of allylic oxidation sites excluding steroid dienone is 3. The first-order chi connectivity index (χ1) is 13.5. The van der Waals surface area contributed by atoms with Gasteiger partial charge in [-0.1, -0.05) is 76.0 Å². The molecule has 0 bridgehead atoms. The number of hydrogen-bond donors (Lipinski definition) is 1. The van der Waals surface area contributed by atoms with Gasteiger partial charge in [-0.25, -0.2) is 0 Å². The summed E-state index contributed by atoms with van der Waals surface area (Å²) in [6, 6.07) is 0. The summed E-state index contributed by atoms with van der Waals surface area (Å²) in [6.07, 6.45) is 23.9. The fraction of sp³-hybridized carbons (Fsp3) is 0.833. The van der Waals surface area contributed by atoms with E-state index in [4.69, 9.17) is 0 Å². The van der Waals surface area contributed by atoms with Gasteiger partial charge in [0, 0.05) is 5.92 Å². The molecule has 0 amide bonds. The van der Waals surface area contributed by atoms with Gasteiger partial charge in [0.2, 0.25) is 0 Å². The minimum Gasteiger partial charge on any atom is -0.285 e. The highest BCUT2D eigenvalue weighted by Gasteiger charge is 2.55. The van der Waals surface area contributed by atoms with Crippen LogP contribution in [0.25, 0.3) is 0 Å². The van der Waals surface area contributed by atoms with Crippen molar-refractivity contribution in [2.24, 2.45) is 23.7 Å². The number of rotatable bonds is 4. The lowest BCUT2D eigenvalue weighted by Gasteiger charge is -2.48. The predicted octanol–water partition coefficient (Wildman–Crippen LogP) is 6.47. The van der Waals surface area contributed by atoms with E-state index in [9.17, 15) is 13.0 Å². The van der Waals surface area contributed by atoms with E-state index >= 15 is 0 Å². The van der Waals surface area contributed by atoms with Gasteiger partial charge in [0.15, 0.2) is 0 Å². The van der Waals surface area contributed by atoms with Crippen molar-refractivity contribution < 1.29 is 13.0 Å². The molecule has 3 fully saturated rings. The van der Waals surface area contributed by atoms with Crippen molar-refractivity contribution >= 4 is 10.1 Å². The molecule has 4 aliphatic carbocycles. The zero-order chi connectivity index (χ0) is 19.6. The smallest absolute Gasteiger partial charge is 0.275 e. The van der Waals surface area contributed by atoms with Crippen LogP contribution < -0.4 is 0 Å². The second-order valence-corrected chi connectivity index (χ2v) is 11.6. The van der Waals surface area contributed by atoms with Gasteiger partial charge in [-0.2, -0.15) is 8.42 Å². The molecule has 2 atom stereocenters. The van der Waals surface area contributed by atoms with Gasteiger partial charge in [0.25, 0.3) is 10.1 Å². The van der Waals surface area contributed by atoms with Crippen LogP contribution in [-0.2, 0) is 10.1 Å². The fourth-order valence-electron chi connectivity index (χ4n) is 6.87. The van der Waals surface area contributed by atoms with Crippen LogP contribution in [0.3, 0.4) is 0 Å². The molecule has 0 radical (unpaired) electrons. The van der Waals surface area contributed by atoms with Crippen LogP contribution in [-0.4, -0.2) is 17.7 Å². The maximum absolute atomic E-state index is 13.0. The molecule has 4 rings (SSSR count). The highest BCUT2D eigenvalue weighted by atomic mass is 32.2. The third-order valence-corrected chi connectivity index (χ3v) is 9.99. The molecule has 3 saturated carbocycles. The van der Waals surface area contributed by atoms with Crippen LogP contribution in [0.2, 0.25) is 0 Å². The summed E-state index contributed by atoms with van der Waals surface area (Å²) in [5.41, 5.74) is 1.37. The first-order valence-electron chi connectivity index (χ1n) is 11.9. The molecule has 0 aromatic heterocycles. The van der Waals surface area contributed by atoms with Gasteiger partial charge in [0.1, 0.15) is 4.75 Å². The molecule has 4 heteroatoms. The predicted molar refractivity (Wildman–Crippen MR) is 115 cm³/mol. The summed E-state index contributed by atoms with van der Waals surface area (Å²) in [6.45, 7) is 0. The minimum absolute atomic E-state index is 0.0483. The van der Waals surface area contributed by atoms with Gasteiger partial charge in [-0.15, -0.1) is 0 Å². The fourth-order valence-corrected chi connectivity index (χ4v) is 8.37. The van der Waals surface area contributed by atoms with E-state index in [0.717, 1.165) is 38.5 Å². The molecule has 1 N–H and O–H groups in total. The van der Waals surface area contributed by atoms with E-state index < -0.39 is 14.9 Å². The largest absolute Gasteiger partial charge is 0.285 e. The zero-order valence-corrected chi connectivity index (χ0v) is 18.1. The molecule has 0 heterocycles. The molecular formula is C24H38O3S. The Labute approximate surface area is 171 Å². The van der Waals surface area contributed by atoms with E-state index in [1.807, 2.05) is 6.08 Å². The summed E-state index contributed by atoms with van der Waals surface area (Å²) < 4.78 is 35.6. The molecule has 0 aromatic rings. The van der Waals surface area contributed by atoms with Gasteiger partial charge in [0.05, 0.1) is 0 Å². The average molecular weight is 407 g/mol. The van der Waals surface area contributed by atoms with E-state index in [1.165, 1.54) is 63.4 Å². The van der Waals surface area contributed by atoms with Crippen LogP contribution >= 0.6 is 0 Å². The Morgan fingerprint density at radius 1 is 0.786 bits per heavy atom.